The summed E-state index contributed by atoms with van der Waals surface area (Å²) in [6, 6.07) is 5.49. The van der Waals surface area contributed by atoms with Crippen molar-refractivity contribution in [3.8, 4) is 11.5 Å². The van der Waals surface area contributed by atoms with Gasteiger partial charge in [-0.05, 0) is 32.0 Å². The van der Waals surface area contributed by atoms with Gasteiger partial charge in [0, 0.05) is 18.5 Å². The maximum atomic E-state index is 12.1. The molecule has 1 rings (SSSR count). The Balaban J connectivity index is 2.47. The molecule has 124 valence electrons. The van der Waals surface area contributed by atoms with Crippen LogP contribution in [0.3, 0.4) is 0 Å². The zero-order valence-corrected chi connectivity index (χ0v) is 14.1. The van der Waals surface area contributed by atoms with Crippen LogP contribution in [0.4, 0.5) is 5.69 Å². The van der Waals surface area contributed by atoms with E-state index in [-0.39, 0.29) is 11.9 Å². The summed E-state index contributed by atoms with van der Waals surface area (Å²) in [7, 11) is 3.17. The summed E-state index contributed by atoms with van der Waals surface area (Å²) in [5.74, 6) is 1.26. The normalized spacial score (nSPS) is 11.8. The van der Waals surface area contributed by atoms with Crippen LogP contribution in [-0.4, -0.2) is 32.7 Å². The number of anilines is 1. The molecule has 5 nitrogen and oxygen atoms in total. The van der Waals surface area contributed by atoms with E-state index in [0.29, 0.717) is 23.6 Å². The number of rotatable bonds is 10. The quantitative estimate of drug-likeness (QED) is 0.652. The maximum Gasteiger partial charge on any atom is 0.226 e. The molecule has 1 amide bonds. The molecule has 2 N–H and O–H groups in total. The van der Waals surface area contributed by atoms with Gasteiger partial charge >= 0.3 is 0 Å². The Kier molecular flexibility index (Phi) is 8.36. The Morgan fingerprint density at radius 3 is 2.64 bits per heavy atom. The first-order chi connectivity index (χ1) is 10.6. The first-order valence-electron chi connectivity index (χ1n) is 7.86. The van der Waals surface area contributed by atoms with Crippen LogP contribution in [0.2, 0.25) is 0 Å². The van der Waals surface area contributed by atoms with E-state index in [1.165, 1.54) is 12.8 Å². The summed E-state index contributed by atoms with van der Waals surface area (Å²) in [6.07, 6.45) is 4.00. The Hall–Kier alpha value is -1.75. The first kappa shape index (κ1) is 18.3. The Morgan fingerprint density at radius 2 is 2.00 bits per heavy atom. The van der Waals surface area contributed by atoms with Gasteiger partial charge in [-0.3, -0.25) is 4.79 Å². The summed E-state index contributed by atoms with van der Waals surface area (Å²) < 4.78 is 10.4. The van der Waals surface area contributed by atoms with E-state index in [9.17, 15) is 4.79 Å². The second-order valence-electron chi connectivity index (χ2n) is 5.38. The highest BCUT2D eigenvalue weighted by Crippen LogP contribution is 2.29. The summed E-state index contributed by atoms with van der Waals surface area (Å²) >= 11 is 0. The number of carbonyl (C=O) groups is 1. The lowest BCUT2D eigenvalue weighted by atomic mass is 10.2. The van der Waals surface area contributed by atoms with Crippen molar-refractivity contribution >= 4 is 11.6 Å². The molecule has 0 aliphatic carbocycles. The largest absolute Gasteiger partial charge is 0.497 e. The minimum absolute atomic E-state index is 0.0287. The summed E-state index contributed by atoms with van der Waals surface area (Å²) in [5.41, 5.74) is 0.659. The molecule has 1 atom stereocenters. The molecule has 1 aromatic carbocycles. The van der Waals surface area contributed by atoms with Crippen molar-refractivity contribution in [2.45, 2.75) is 45.6 Å². The van der Waals surface area contributed by atoms with E-state index >= 15 is 0 Å². The van der Waals surface area contributed by atoms with Gasteiger partial charge in [0.1, 0.15) is 11.5 Å². The Bertz CT molecular complexity index is 463. The van der Waals surface area contributed by atoms with Crippen molar-refractivity contribution in [3.05, 3.63) is 18.2 Å². The SMILES string of the molecule is CCCCCNC(C)CC(=O)Nc1ccc(OC)cc1OC. The fraction of sp³-hybridized carbons (Fsp3) is 0.588. The van der Waals surface area contributed by atoms with Gasteiger partial charge in [0.25, 0.3) is 0 Å². The molecule has 1 aromatic rings. The van der Waals surface area contributed by atoms with Crippen LogP contribution in [0.5, 0.6) is 11.5 Å². The van der Waals surface area contributed by atoms with Crippen LogP contribution >= 0.6 is 0 Å². The zero-order chi connectivity index (χ0) is 16.4. The van der Waals surface area contributed by atoms with Crippen molar-refractivity contribution in [1.82, 2.24) is 5.32 Å². The van der Waals surface area contributed by atoms with E-state index in [2.05, 4.69) is 17.6 Å². The van der Waals surface area contributed by atoms with E-state index < -0.39 is 0 Å². The first-order valence-corrected chi connectivity index (χ1v) is 7.86. The molecule has 0 spiro atoms. The van der Waals surface area contributed by atoms with Gasteiger partial charge in [0.05, 0.1) is 19.9 Å². The number of unbranched alkanes of at least 4 members (excludes halogenated alkanes) is 2. The van der Waals surface area contributed by atoms with Crippen LogP contribution < -0.4 is 20.1 Å². The molecule has 0 heterocycles. The molecule has 0 aliphatic rings. The molecule has 0 saturated heterocycles. The monoisotopic (exact) mass is 308 g/mol. The number of hydrogen-bond acceptors (Lipinski definition) is 4. The van der Waals surface area contributed by atoms with E-state index in [1.807, 2.05) is 6.92 Å². The third-order valence-electron chi connectivity index (χ3n) is 3.45. The molecule has 0 aliphatic heterocycles. The van der Waals surface area contributed by atoms with E-state index in [4.69, 9.17) is 9.47 Å². The van der Waals surface area contributed by atoms with Gasteiger partial charge in [0.15, 0.2) is 0 Å². The number of hydrogen-bond donors (Lipinski definition) is 2. The minimum Gasteiger partial charge on any atom is -0.497 e. The highest BCUT2D eigenvalue weighted by molar-refractivity contribution is 5.92. The molecule has 5 heteroatoms. The predicted molar refractivity (Wildman–Crippen MR) is 89.8 cm³/mol. The van der Waals surface area contributed by atoms with Crippen LogP contribution in [0.15, 0.2) is 18.2 Å². The molecule has 0 radical (unpaired) electrons. The topological polar surface area (TPSA) is 59.6 Å². The number of nitrogens with one attached hydrogen (secondary N) is 2. The molecule has 0 fully saturated rings. The smallest absolute Gasteiger partial charge is 0.226 e. The van der Waals surface area contributed by atoms with Crippen molar-refractivity contribution in [1.29, 1.82) is 0 Å². The van der Waals surface area contributed by atoms with Gasteiger partial charge < -0.3 is 20.1 Å². The highest BCUT2D eigenvalue weighted by atomic mass is 16.5. The van der Waals surface area contributed by atoms with Crippen molar-refractivity contribution < 1.29 is 14.3 Å². The van der Waals surface area contributed by atoms with Crippen LogP contribution in [0.1, 0.15) is 39.5 Å². The molecular weight excluding hydrogens is 280 g/mol. The predicted octanol–water partition coefficient (Wildman–Crippen LogP) is 3.20. The molecule has 1 unspecified atom stereocenters. The molecule has 22 heavy (non-hydrogen) atoms. The van der Waals surface area contributed by atoms with Gasteiger partial charge in [-0.25, -0.2) is 0 Å². The average molecular weight is 308 g/mol. The van der Waals surface area contributed by atoms with Crippen molar-refractivity contribution in [2.24, 2.45) is 0 Å². The van der Waals surface area contributed by atoms with Gasteiger partial charge in [0.2, 0.25) is 5.91 Å². The molecule has 0 saturated carbocycles. The van der Waals surface area contributed by atoms with Crippen LogP contribution in [0, 0.1) is 0 Å². The summed E-state index contributed by atoms with van der Waals surface area (Å²) in [6.45, 7) is 5.16. The second-order valence-corrected chi connectivity index (χ2v) is 5.38. The van der Waals surface area contributed by atoms with E-state index in [0.717, 1.165) is 13.0 Å². The van der Waals surface area contributed by atoms with Gasteiger partial charge in [-0.15, -0.1) is 0 Å². The zero-order valence-electron chi connectivity index (χ0n) is 14.1. The fourth-order valence-corrected chi connectivity index (χ4v) is 2.18. The molecular formula is C17H28N2O3. The standard InChI is InChI=1S/C17H28N2O3/c1-5-6-7-10-18-13(2)11-17(20)19-15-9-8-14(21-3)12-16(15)22-4/h8-9,12-13,18H,5-7,10-11H2,1-4H3,(H,19,20). The molecule has 0 aromatic heterocycles. The Morgan fingerprint density at radius 1 is 1.23 bits per heavy atom. The number of ether oxygens (including phenoxy) is 2. The van der Waals surface area contributed by atoms with Crippen molar-refractivity contribution in [3.63, 3.8) is 0 Å². The maximum absolute atomic E-state index is 12.1. The van der Waals surface area contributed by atoms with Crippen molar-refractivity contribution in [2.75, 3.05) is 26.1 Å². The lowest BCUT2D eigenvalue weighted by Crippen LogP contribution is -2.31. The average Bonchev–Trinajstić information content (AvgIpc) is 2.51. The van der Waals surface area contributed by atoms with E-state index in [1.54, 1.807) is 32.4 Å². The van der Waals surface area contributed by atoms with Gasteiger partial charge in [-0.1, -0.05) is 19.8 Å². The number of methoxy groups -OCH3 is 2. The van der Waals surface area contributed by atoms with Crippen LogP contribution in [0.25, 0.3) is 0 Å². The summed E-state index contributed by atoms with van der Waals surface area (Å²) in [5, 5.41) is 6.25. The Labute approximate surface area is 133 Å². The third kappa shape index (κ3) is 6.35. The lowest BCUT2D eigenvalue weighted by Gasteiger charge is -2.15. The number of benzene rings is 1. The van der Waals surface area contributed by atoms with Gasteiger partial charge in [-0.2, -0.15) is 0 Å². The minimum atomic E-state index is -0.0287. The number of amides is 1. The highest BCUT2D eigenvalue weighted by Gasteiger charge is 2.12. The van der Waals surface area contributed by atoms with Crippen LogP contribution in [-0.2, 0) is 4.79 Å². The third-order valence-corrected chi connectivity index (χ3v) is 3.45. The number of carbonyl (C=O) groups excluding carboxylic acids is 1. The lowest BCUT2D eigenvalue weighted by molar-refractivity contribution is -0.116. The fourth-order valence-electron chi connectivity index (χ4n) is 2.18. The molecule has 0 bridgehead atoms. The second kappa shape index (κ2) is 10.1. The summed E-state index contributed by atoms with van der Waals surface area (Å²) in [4.78, 5) is 12.1.